The van der Waals surface area contributed by atoms with E-state index in [0.29, 0.717) is 0 Å². The second-order valence-electron chi connectivity index (χ2n) is 2.41. The molecule has 1 amide bonds. The summed E-state index contributed by atoms with van der Waals surface area (Å²) in [5.74, 6) is -0.748. The molecule has 4 N–H and O–H groups in total. The molecule has 0 heterocycles. The van der Waals surface area contributed by atoms with Crippen LogP contribution >= 0.6 is 0 Å². The Bertz CT molecular complexity index is 167. The van der Waals surface area contributed by atoms with Crippen molar-refractivity contribution in [3.63, 3.8) is 0 Å². The smallest absolute Gasteiger partial charge is 0.346 e. The fourth-order valence-corrected chi connectivity index (χ4v) is 0.667. The van der Waals surface area contributed by atoms with E-state index in [-0.39, 0.29) is 6.54 Å². The fraction of sp³-hybridized carbons (Fsp3) is 0.833. The number of hydrogen-bond acceptors (Lipinski definition) is 3. The third kappa shape index (κ3) is 5.42. The number of nitrogens with one attached hydrogen (secondary N) is 2. The average Bonchev–Trinajstić information content (AvgIpc) is 2.02. The summed E-state index contributed by atoms with van der Waals surface area (Å²) in [6.07, 6.45) is -4.39. The van der Waals surface area contributed by atoms with Crippen molar-refractivity contribution in [3.05, 3.63) is 0 Å². The summed E-state index contributed by atoms with van der Waals surface area (Å²) in [7, 11) is 1.45. The Kier molecular flexibility index (Phi) is 4.71. The van der Waals surface area contributed by atoms with Crippen LogP contribution in [0.2, 0.25) is 0 Å². The number of rotatable bonds is 4. The first-order valence-corrected chi connectivity index (χ1v) is 3.62. The summed E-state index contributed by atoms with van der Waals surface area (Å²) in [5, 5.41) is 4.20. The van der Waals surface area contributed by atoms with Gasteiger partial charge in [0, 0.05) is 6.54 Å². The minimum absolute atomic E-state index is 0.0415. The Morgan fingerprint density at radius 2 is 2.08 bits per heavy atom. The summed E-state index contributed by atoms with van der Waals surface area (Å²) >= 11 is 0. The maximum Gasteiger partial charge on any atom is 0.405 e. The molecule has 4 nitrogen and oxygen atoms in total. The van der Waals surface area contributed by atoms with Crippen LogP contribution in [0.5, 0.6) is 0 Å². The molecule has 0 aliphatic carbocycles. The zero-order valence-corrected chi connectivity index (χ0v) is 7.11. The third-order valence-electron chi connectivity index (χ3n) is 1.36. The Labute approximate surface area is 73.7 Å². The van der Waals surface area contributed by atoms with Gasteiger partial charge in [-0.3, -0.25) is 4.79 Å². The standard InChI is InChI=1S/C6H12F3N3O/c1-11-4(2-10)5(13)12-3-6(7,8)9/h4,11H,2-3,10H2,1H3,(H,12,13). The Morgan fingerprint density at radius 1 is 1.54 bits per heavy atom. The second-order valence-corrected chi connectivity index (χ2v) is 2.41. The van der Waals surface area contributed by atoms with Gasteiger partial charge in [0.05, 0.1) is 6.04 Å². The van der Waals surface area contributed by atoms with Crippen molar-refractivity contribution >= 4 is 5.91 Å². The van der Waals surface area contributed by atoms with Gasteiger partial charge < -0.3 is 16.4 Å². The first kappa shape index (κ1) is 12.2. The van der Waals surface area contributed by atoms with Gasteiger partial charge in [0.25, 0.3) is 0 Å². The SMILES string of the molecule is CNC(CN)C(=O)NCC(F)(F)F. The van der Waals surface area contributed by atoms with Crippen molar-refractivity contribution in [1.82, 2.24) is 10.6 Å². The molecule has 0 aliphatic rings. The van der Waals surface area contributed by atoms with Crippen molar-refractivity contribution in [1.29, 1.82) is 0 Å². The Morgan fingerprint density at radius 3 is 2.38 bits per heavy atom. The van der Waals surface area contributed by atoms with Crippen molar-refractivity contribution in [3.8, 4) is 0 Å². The van der Waals surface area contributed by atoms with E-state index in [4.69, 9.17) is 5.73 Å². The van der Waals surface area contributed by atoms with E-state index in [1.807, 2.05) is 0 Å². The van der Waals surface area contributed by atoms with Gasteiger partial charge in [-0.1, -0.05) is 0 Å². The first-order valence-electron chi connectivity index (χ1n) is 3.62. The maximum absolute atomic E-state index is 11.6. The molecule has 13 heavy (non-hydrogen) atoms. The molecule has 0 aromatic heterocycles. The molecule has 1 atom stereocenters. The van der Waals surface area contributed by atoms with E-state index in [0.717, 1.165) is 0 Å². The first-order chi connectivity index (χ1) is 5.90. The number of carbonyl (C=O) groups excluding carboxylic acids is 1. The van der Waals surface area contributed by atoms with E-state index in [1.54, 1.807) is 5.32 Å². The van der Waals surface area contributed by atoms with Crippen LogP contribution in [0.4, 0.5) is 13.2 Å². The van der Waals surface area contributed by atoms with Gasteiger partial charge in [-0.15, -0.1) is 0 Å². The van der Waals surface area contributed by atoms with Crippen molar-refractivity contribution < 1.29 is 18.0 Å². The van der Waals surface area contributed by atoms with Crippen LogP contribution in [-0.2, 0) is 4.79 Å². The van der Waals surface area contributed by atoms with E-state index >= 15 is 0 Å². The van der Waals surface area contributed by atoms with Crippen molar-refractivity contribution in [2.45, 2.75) is 12.2 Å². The van der Waals surface area contributed by atoms with Gasteiger partial charge in [-0.25, -0.2) is 0 Å². The molecule has 0 aromatic rings. The molecule has 0 rings (SSSR count). The molecule has 0 aromatic carbocycles. The summed E-state index contributed by atoms with van der Waals surface area (Å²) in [5.41, 5.74) is 5.12. The topological polar surface area (TPSA) is 67.1 Å². The summed E-state index contributed by atoms with van der Waals surface area (Å²) in [6.45, 7) is -1.37. The second kappa shape index (κ2) is 5.03. The largest absolute Gasteiger partial charge is 0.405 e. The molecule has 1 unspecified atom stereocenters. The highest BCUT2D eigenvalue weighted by Crippen LogP contribution is 2.11. The molecule has 0 fully saturated rings. The molecule has 0 spiro atoms. The minimum Gasteiger partial charge on any atom is -0.346 e. The fourth-order valence-electron chi connectivity index (χ4n) is 0.667. The van der Waals surface area contributed by atoms with Crippen molar-refractivity contribution in [2.75, 3.05) is 20.1 Å². The quantitative estimate of drug-likeness (QED) is 0.556. The van der Waals surface area contributed by atoms with E-state index < -0.39 is 24.7 Å². The van der Waals surface area contributed by atoms with Crippen LogP contribution in [0.15, 0.2) is 0 Å². The predicted molar refractivity (Wildman–Crippen MR) is 41.0 cm³/mol. The number of nitrogens with two attached hydrogens (primary N) is 1. The number of carbonyl (C=O) groups is 1. The Hall–Kier alpha value is -0.820. The van der Waals surface area contributed by atoms with Gasteiger partial charge in [-0.05, 0) is 7.05 Å². The van der Waals surface area contributed by atoms with Crippen molar-refractivity contribution in [2.24, 2.45) is 5.73 Å². The minimum atomic E-state index is -4.39. The van der Waals surface area contributed by atoms with E-state index in [9.17, 15) is 18.0 Å². The molecular weight excluding hydrogens is 187 g/mol. The van der Waals surface area contributed by atoms with Gasteiger partial charge in [0.1, 0.15) is 6.54 Å². The van der Waals surface area contributed by atoms with Crippen LogP contribution in [0.1, 0.15) is 0 Å². The van der Waals surface area contributed by atoms with E-state index in [1.165, 1.54) is 7.05 Å². The van der Waals surface area contributed by atoms with Gasteiger partial charge in [0.15, 0.2) is 0 Å². The molecular formula is C6H12F3N3O. The maximum atomic E-state index is 11.6. The van der Waals surface area contributed by atoms with Crippen LogP contribution in [0, 0.1) is 0 Å². The molecule has 0 saturated carbocycles. The summed E-state index contributed by atoms with van der Waals surface area (Å²) in [4.78, 5) is 10.9. The summed E-state index contributed by atoms with van der Waals surface area (Å²) < 4.78 is 34.9. The van der Waals surface area contributed by atoms with E-state index in [2.05, 4.69) is 5.32 Å². The van der Waals surface area contributed by atoms with Crippen LogP contribution in [0.25, 0.3) is 0 Å². The number of hydrogen-bond donors (Lipinski definition) is 3. The molecule has 0 radical (unpaired) electrons. The molecule has 0 saturated heterocycles. The van der Waals surface area contributed by atoms with Gasteiger partial charge in [-0.2, -0.15) is 13.2 Å². The van der Waals surface area contributed by atoms with Crippen LogP contribution in [-0.4, -0.2) is 38.3 Å². The average molecular weight is 199 g/mol. The zero-order chi connectivity index (χ0) is 10.5. The summed E-state index contributed by atoms with van der Waals surface area (Å²) in [6, 6.07) is -0.776. The lowest BCUT2D eigenvalue weighted by Crippen LogP contribution is -2.49. The third-order valence-corrected chi connectivity index (χ3v) is 1.36. The number of alkyl halides is 3. The lowest BCUT2D eigenvalue weighted by Gasteiger charge is -2.14. The van der Waals surface area contributed by atoms with Gasteiger partial charge in [0.2, 0.25) is 5.91 Å². The number of likely N-dealkylation sites (N-methyl/N-ethyl adjacent to an activating group) is 1. The molecule has 0 bridgehead atoms. The van der Waals surface area contributed by atoms with Crippen LogP contribution in [0.3, 0.4) is 0 Å². The lowest BCUT2D eigenvalue weighted by atomic mass is 10.3. The monoisotopic (exact) mass is 199 g/mol. The van der Waals surface area contributed by atoms with Gasteiger partial charge >= 0.3 is 6.18 Å². The van der Waals surface area contributed by atoms with Crippen LogP contribution < -0.4 is 16.4 Å². The highest BCUT2D eigenvalue weighted by atomic mass is 19.4. The molecule has 7 heteroatoms. The highest BCUT2D eigenvalue weighted by Gasteiger charge is 2.28. The normalized spacial score (nSPS) is 13.9. The number of halogens is 3. The Balaban J connectivity index is 3.86. The predicted octanol–water partition coefficient (Wildman–Crippen LogP) is -0.788. The zero-order valence-electron chi connectivity index (χ0n) is 7.11. The molecule has 78 valence electrons. The number of amides is 1. The lowest BCUT2D eigenvalue weighted by molar-refractivity contribution is -0.139. The highest BCUT2D eigenvalue weighted by molar-refractivity contribution is 5.81. The molecule has 0 aliphatic heterocycles.